The van der Waals surface area contributed by atoms with Crippen LogP contribution in [0.1, 0.15) is 96.9 Å². The minimum Gasteiger partial charge on any atom is -0.453 e. The van der Waals surface area contributed by atoms with Crippen LogP contribution in [0.25, 0.3) is 0 Å². The fourth-order valence-electron chi connectivity index (χ4n) is 3.98. The van der Waals surface area contributed by atoms with E-state index in [1.54, 1.807) is 6.92 Å². The summed E-state index contributed by atoms with van der Waals surface area (Å²) in [5, 5.41) is 0. The van der Waals surface area contributed by atoms with Gasteiger partial charge in [-0.05, 0) is 32.3 Å². The van der Waals surface area contributed by atoms with Gasteiger partial charge in [0.05, 0.1) is 19.8 Å². The zero-order chi connectivity index (χ0) is 28.9. The minimum atomic E-state index is -4.13. The first kappa shape index (κ1) is 33.5. The summed E-state index contributed by atoms with van der Waals surface area (Å²) in [6.07, 6.45) is 2.11. The summed E-state index contributed by atoms with van der Waals surface area (Å²) in [5.74, 6) is -4.64. The van der Waals surface area contributed by atoms with E-state index in [4.69, 9.17) is 23.0 Å². The molecule has 0 aromatic carbocycles. The molecule has 1 fully saturated rings. The zero-order valence-corrected chi connectivity index (χ0v) is 24.3. The normalized spacial score (nSPS) is 20.8. The first-order valence-corrected chi connectivity index (χ1v) is 15.4. The van der Waals surface area contributed by atoms with E-state index in [1.807, 2.05) is 20.8 Å². The van der Waals surface area contributed by atoms with Gasteiger partial charge in [0.2, 0.25) is 6.23 Å². The summed E-state index contributed by atoms with van der Waals surface area (Å²) in [5.41, 5.74) is -0.601. The summed E-state index contributed by atoms with van der Waals surface area (Å²) >= 11 is 0. The lowest BCUT2D eigenvalue weighted by atomic mass is 10.1. The Morgan fingerprint density at radius 1 is 1.03 bits per heavy atom. The number of nitrogens with zero attached hydrogens (tertiary/aromatic N) is 2. The van der Waals surface area contributed by atoms with Crippen LogP contribution < -0.4 is 5.69 Å². The molecule has 0 amide bonds. The number of aryl methyl sites for hydroxylation is 1. The van der Waals surface area contributed by atoms with Crippen molar-refractivity contribution in [2.24, 2.45) is 0 Å². The van der Waals surface area contributed by atoms with Gasteiger partial charge < -0.3 is 9.47 Å². The van der Waals surface area contributed by atoms with Crippen LogP contribution in [-0.2, 0) is 32.4 Å². The molecule has 10 nitrogen and oxygen atoms in total. The van der Waals surface area contributed by atoms with Crippen LogP contribution in [0.4, 0.5) is 8.78 Å². The smallest absolute Gasteiger partial charge is 0.453 e. The van der Waals surface area contributed by atoms with Crippen molar-refractivity contribution in [3.63, 3.8) is 0 Å². The van der Waals surface area contributed by atoms with Crippen molar-refractivity contribution in [3.8, 4) is 0 Å². The van der Waals surface area contributed by atoms with Crippen LogP contribution in [0.15, 0.2) is 17.1 Å². The Balaban J connectivity index is 2.25. The van der Waals surface area contributed by atoms with Gasteiger partial charge in [0.1, 0.15) is 6.10 Å². The molecule has 2 rings (SSSR count). The number of carbonyl (C=O) groups is 1. The van der Waals surface area contributed by atoms with Crippen molar-refractivity contribution in [3.05, 3.63) is 28.4 Å². The lowest BCUT2D eigenvalue weighted by Gasteiger charge is -2.25. The molecule has 224 valence electrons. The average molecular weight is 581 g/mol. The number of hydrogen-bond acceptors (Lipinski definition) is 9. The van der Waals surface area contributed by atoms with Crippen molar-refractivity contribution < 1.29 is 41.2 Å². The molecular weight excluding hydrogens is 537 g/mol. The van der Waals surface area contributed by atoms with Gasteiger partial charge in [-0.3, -0.25) is 22.9 Å². The monoisotopic (exact) mass is 580 g/mol. The maximum absolute atomic E-state index is 15.7. The largest absolute Gasteiger partial charge is 0.474 e. The second kappa shape index (κ2) is 16.5. The maximum Gasteiger partial charge on any atom is 0.474 e. The first-order chi connectivity index (χ1) is 18.6. The van der Waals surface area contributed by atoms with Gasteiger partial charge in [0.25, 0.3) is 0 Å². The molecule has 0 bridgehead atoms. The molecule has 0 unspecified atom stereocenters. The van der Waals surface area contributed by atoms with Gasteiger partial charge in [-0.15, -0.1) is 0 Å². The van der Waals surface area contributed by atoms with E-state index in [0.29, 0.717) is 29.5 Å². The molecule has 0 radical (unpaired) electrons. The highest BCUT2D eigenvalue weighted by molar-refractivity contribution is 7.48. The van der Waals surface area contributed by atoms with Crippen molar-refractivity contribution >= 4 is 13.8 Å². The summed E-state index contributed by atoms with van der Waals surface area (Å²) in [4.78, 5) is 28.5. The van der Waals surface area contributed by atoms with Crippen LogP contribution in [0.5, 0.6) is 0 Å². The minimum absolute atomic E-state index is 0.0513. The van der Waals surface area contributed by atoms with Crippen LogP contribution in [0.3, 0.4) is 0 Å². The van der Waals surface area contributed by atoms with Crippen LogP contribution in [0, 0.1) is 6.92 Å². The van der Waals surface area contributed by atoms with Crippen molar-refractivity contribution in [1.82, 2.24) is 9.55 Å². The number of phosphoric ester groups is 1. The Morgan fingerprint density at radius 3 is 2.18 bits per heavy atom. The topological polar surface area (TPSA) is 115 Å². The number of halogens is 2. The Morgan fingerprint density at radius 2 is 1.62 bits per heavy atom. The fraction of sp³-hybridized carbons (Fsp3) is 0.808. The van der Waals surface area contributed by atoms with Gasteiger partial charge in [-0.1, -0.05) is 59.3 Å². The van der Waals surface area contributed by atoms with Gasteiger partial charge >= 0.3 is 25.4 Å². The van der Waals surface area contributed by atoms with Crippen LogP contribution in [-0.4, -0.2) is 53.5 Å². The second-order valence-corrected chi connectivity index (χ2v) is 11.3. The summed E-state index contributed by atoms with van der Waals surface area (Å²) in [6.45, 7) is 7.03. The standard InChI is InChI=1S/C26H43F2N2O8P/c1-5-8-11-14-22(31)38-23-21(37-24(26(23,27)28)30-16-15-20(4)29-25(30)32)19-36-39(33,34-17-12-9-6-2)35-18-13-10-7-3/h15-16,21,23-24H,5-14,17-19H2,1-4H3/t21-,23-,24-/m1/s1. The predicted molar refractivity (Wildman–Crippen MR) is 141 cm³/mol. The quantitative estimate of drug-likeness (QED) is 0.108. The first-order valence-electron chi connectivity index (χ1n) is 13.9. The van der Waals surface area contributed by atoms with Gasteiger partial charge in [0, 0.05) is 18.3 Å². The molecular formula is C26H43F2N2O8P. The van der Waals surface area contributed by atoms with E-state index in [0.717, 1.165) is 44.7 Å². The molecule has 3 atom stereocenters. The molecule has 2 heterocycles. The third-order valence-electron chi connectivity index (χ3n) is 6.21. The van der Waals surface area contributed by atoms with E-state index >= 15 is 8.78 Å². The predicted octanol–water partition coefficient (Wildman–Crippen LogP) is 6.11. The third kappa shape index (κ3) is 10.3. The van der Waals surface area contributed by atoms with Gasteiger partial charge in [-0.2, -0.15) is 13.8 Å². The number of esters is 1. The number of hydrogen-bond donors (Lipinski definition) is 0. The Bertz CT molecular complexity index is 977. The van der Waals surface area contributed by atoms with Gasteiger partial charge in [0.15, 0.2) is 6.10 Å². The molecule has 0 N–H and O–H groups in total. The highest BCUT2D eigenvalue weighted by atomic mass is 31.2. The van der Waals surface area contributed by atoms with E-state index in [1.165, 1.54) is 6.07 Å². The highest BCUT2D eigenvalue weighted by Gasteiger charge is 2.62. The molecule has 1 saturated heterocycles. The Kier molecular flexibility index (Phi) is 14.2. The molecule has 1 aromatic rings. The lowest BCUT2D eigenvalue weighted by Crippen LogP contribution is -2.44. The number of unbranched alkanes of at least 4 members (excludes halogenated alkanes) is 6. The summed E-state index contributed by atoms with van der Waals surface area (Å²) < 4.78 is 72.4. The van der Waals surface area contributed by atoms with Crippen LogP contribution in [0.2, 0.25) is 0 Å². The second-order valence-electron chi connectivity index (χ2n) is 9.65. The number of aromatic nitrogens is 2. The van der Waals surface area contributed by atoms with E-state index in [9.17, 15) is 14.2 Å². The maximum atomic E-state index is 15.7. The zero-order valence-electron chi connectivity index (χ0n) is 23.4. The van der Waals surface area contributed by atoms with E-state index in [2.05, 4.69) is 4.98 Å². The van der Waals surface area contributed by atoms with Crippen LogP contribution >= 0.6 is 7.82 Å². The number of rotatable bonds is 19. The molecule has 39 heavy (non-hydrogen) atoms. The van der Waals surface area contributed by atoms with Crippen molar-refractivity contribution in [2.45, 2.75) is 116 Å². The Labute approximate surface area is 229 Å². The van der Waals surface area contributed by atoms with Crippen molar-refractivity contribution in [1.29, 1.82) is 0 Å². The number of phosphoric acid groups is 1. The number of alkyl halides is 2. The molecule has 0 saturated carbocycles. The molecule has 1 aliphatic heterocycles. The summed E-state index contributed by atoms with van der Waals surface area (Å²) in [7, 11) is -4.13. The highest BCUT2D eigenvalue weighted by Crippen LogP contribution is 2.52. The summed E-state index contributed by atoms with van der Waals surface area (Å²) in [6, 6.07) is 1.39. The third-order valence-corrected chi connectivity index (χ3v) is 7.67. The van der Waals surface area contributed by atoms with Gasteiger partial charge in [-0.25, -0.2) is 9.36 Å². The number of carbonyl (C=O) groups excluding carboxylic acids is 1. The molecule has 1 aromatic heterocycles. The van der Waals surface area contributed by atoms with E-state index < -0.39 is 50.4 Å². The molecule has 1 aliphatic rings. The Hall–Kier alpha value is -1.72. The average Bonchev–Trinajstić information content (AvgIpc) is 3.13. The SMILES string of the molecule is CCCCCOP(=O)(OCCCCC)OC[C@H]1O[C@@H](n2ccc(C)nc2=O)C(F)(F)[C@@H]1OC(=O)CCCCC. The lowest BCUT2D eigenvalue weighted by molar-refractivity contribution is -0.176. The number of ether oxygens (including phenoxy) is 2. The molecule has 0 spiro atoms. The van der Waals surface area contributed by atoms with E-state index in [-0.39, 0.29) is 19.6 Å². The molecule has 13 heteroatoms. The fourth-order valence-corrected chi connectivity index (χ4v) is 5.24. The van der Waals surface area contributed by atoms with Crippen molar-refractivity contribution in [2.75, 3.05) is 19.8 Å². The molecule has 0 aliphatic carbocycles.